The van der Waals surface area contributed by atoms with Crippen LogP contribution in [0.5, 0.6) is 0 Å². The number of ketones is 2. The highest BCUT2D eigenvalue weighted by Gasteiger charge is 2.51. The van der Waals surface area contributed by atoms with Gasteiger partial charge in [0.25, 0.3) is 0 Å². The van der Waals surface area contributed by atoms with Crippen molar-refractivity contribution < 1.29 is 19.1 Å². The van der Waals surface area contributed by atoms with Crippen LogP contribution in [0.1, 0.15) is 52.9 Å². The third-order valence-corrected chi connectivity index (χ3v) is 4.18. The zero-order valence-corrected chi connectivity index (χ0v) is 14.1. The molecule has 0 bridgehead atoms. The van der Waals surface area contributed by atoms with E-state index >= 15 is 0 Å². The van der Waals surface area contributed by atoms with Gasteiger partial charge >= 0.3 is 5.97 Å². The molecule has 124 valence electrons. The van der Waals surface area contributed by atoms with Gasteiger partial charge in [-0.2, -0.15) is 0 Å². The first-order valence-electron chi connectivity index (χ1n) is 7.99. The zero-order chi connectivity index (χ0) is 16.8. The van der Waals surface area contributed by atoms with Gasteiger partial charge in [0.05, 0.1) is 7.11 Å². The monoisotopic (exact) mass is 309 g/mol. The fourth-order valence-corrected chi connectivity index (χ4v) is 2.90. The van der Waals surface area contributed by atoms with Crippen LogP contribution in [0.15, 0.2) is 4.99 Å². The van der Waals surface area contributed by atoms with E-state index in [1.165, 1.54) is 13.3 Å². The van der Waals surface area contributed by atoms with Crippen LogP contribution < -0.4 is 0 Å². The molecule has 0 saturated heterocycles. The van der Waals surface area contributed by atoms with Gasteiger partial charge in [-0.25, -0.2) is 0 Å². The molecule has 0 aliphatic heterocycles. The summed E-state index contributed by atoms with van der Waals surface area (Å²) in [5.41, 5.74) is -0.702. The molecule has 0 aromatic carbocycles. The number of carbonyl (C=O) groups excluding carboxylic acids is 3. The van der Waals surface area contributed by atoms with Crippen molar-refractivity contribution in [3.8, 4) is 0 Å². The van der Waals surface area contributed by atoms with Crippen LogP contribution >= 0.6 is 0 Å². The summed E-state index contributed by atoms with van der Waals surface area (Å²) in [6.45, 7) is 6.26. The maximum Gasteiger partial charge on any atom is 0.316 e. The third kappa shape index (κ3) is 4.49. The van der Waals surface area contributed by atoms with Gasteiger partial charge in [0.1, 0.15) is 17.6 Å². The van der Waals surface area contributed by atoms with Crippen molar-refractivity contribution in [1.82, 2.24) is 0 Å². The van der Waals surface area contributed by atoms with Gasteiger partial charge in [0.2, 0.25) is 0 Å². The quantitative estimate of drug-likeness (QED) is 0.313. The number of methoxy groups -OCH3 is 1. The van der Waals surface area contributed by atoms with E-state index in [2.05, 4.69) is 11.9 Å². The molecule has 0 radical (unpaired) electrons. The molecule has 0 heterocycles. The molecule has 1 rings (SSSR count). The highest BCUT2D eigenvalue weighted by molar-refractivity contribution is 6.21. The van der Waals surface area contributed by atoms with Gasteiger partial charge in [-0.05, 0) is 11.8 Å². The van der Waals surface area contributed by atoms with Gasteiger partial charge in [-0.15, -0.1) is 0 Å². The van der Waals surface area contributed by atoms with Crippen molar-refractivity contribution in [3.63, 3.8) is 0 Å². The number of Topliss-reactive ketones (excluding diaryl/α,β-unsaturated/α-hetero) is 2. The topological polar surface area (TPSA) is 72.8 Å². The summed E-state index contributed by atoms with van der Waals surface area (Å²) in [4.78, 5) is 40.8. The van der Waals surface area contributed by atoms with E-state index in [9.17, 15) is 14.4 Å². The Morgan fingerprint density at radius 2 is 2.00 bits per heavy atom. The van der Waals surface area contributed by atoms with Gasteiger partial charge in [-0.1, -0.05) is 40.0 Å². The summed E-state index contributed by atoms with van der Waals surface area (Å²) in [7, 11) is 1.26. The van der Waals surface area contributed by atoms with Crippen LogP contribution in [0, 0.1) is 17.3 Å². The van der Waals surface area contributed by atoms with Crippen molar-refractivity contribution in [2.45, 2.75) is 52.9 Å². The number of hydrogen-bond acceptors (Lipinski definition) is 5. The molecule has 0 N–H and O–H groups in total. The summed E-state index contributed by atoms with van der Waals surface area (Å²) < 4.78 is 4.73. The van der Waals surface area contributed by atoms with Gasteiger partial charge < -0.3 is 4.74 Å². The van der Waals surface area contributed by atoms with Gasteiger partial charge in [0.15, 0.2) is 5.78 Å². The number of rotatable bonds is 7. The summed E-state index contributed by atoms with van der Waals surface area (Å²) in [5, 5.41) is 0. The van der Waals surface area contributed by atoms with Crippen LogP contribution in [0.25, 0.3) is 0 Å². The molecular weight excluding hydrogens is 282 g/mol. The smallest absolute Gasteiger partial charge is 0.316 e. The first kappa shape index (κ1) is 18.5. The number of nitrogens with zero attached hydrogens (tertiary/aromatic N) is 1. The highest BCUT2D eigenvalue weighted by atomic mass is 16.5. The molecule has 0 spiro atoms. The zero-order valence-electron chi connectivity index (χ0n) is 14.1. The molecule has 0 aromatic heterocycles. The largest absolute Gasteiger partial charge is 0.468 e. The molecule has 1 fully saturated rings. The lowest BCUT2D eigenvalue weighted by Crippen LogP contribution is -2.50. The van der Waals surface area contributed by atoms with Gasteiger partial charge in [-0.3, -0.25) is 19.4 Å². The number of ether oxygens (including phenoxy) is 1. The molecule has 22 heavy (non-hydrogen) atoms. The van der Waals surface area contributed by atoms with Crippen molar-refractivity contribution in [2.24, 2.45) is 22.2 Å². The number of aliphatic imine (C=N–C) groups is 1. The first-order valence-corrected chi connectivity index (χ1v) is 7.99. The van der Waals surface area contributed by atoms with E-state index < -0.39 is 23.2 Å². The predicted octanol–water partition coefficient (Wildman–Crippen LogP) is 2.61. The molecule has 1 saturated carbocycles. The summed E-state index contributed by atoms with van der Waals surface area (Å²) >= 11 is 0. The second-order valence-electron chi connectivity index (χ2n) is 6.58. The fourth-order valence-electron chi connectivity index (χ4n) is 2.90. The lowest BCUT2D eigenvalue weighted by Gasteiger charge is -2.37. The number of esters is 1. The van der Waals surface area contributed by atoms with E-state index in [1.54, 1.807) is 13.8 Å². The lowest BCUT2D eigenvalue weighted by atomic mass is 9.64. The van der Waals surface area contributed by atoms with E-state index in [0.717, 1.165) is 25.7 Å². The van der Waals surface area contributed by atoms with Crippen molar-refractivity contribution >= 4 is 23.8 Å². The molecule has 5 heteroatoms. The maximum absolute atomic E-state index is 12.5. The highest BCUT2D eigenvalue weighted by Crippen LogP contribution is 2.39. The summed E-state index contributed by atoms with van der Waals surface area (Å²) in [5.74, 6) is -2.91. The Kier molecular flexibility index (Phi) is 6.91. The predicted molar refractivity (Wildman–Crippen MR) is 84.9 cm³/mol. The first-order chi connectivity index (χ1) is 10.3. The van der Waals surface area contributed by atoms with Crippen molar-refractivity contribution in [3.05, 3.63) is 0 Å². The van der Waals surface area contributed by atoms with Crippen LogP contribution in [-0.4, -0.2) is 37.4 Å². The Bertz CT molecular complexity index is 454. The summed E-state index contributed by atoms with van der Waals surface area (Å²) in [6.07, 6.45) is 5.98. The minimum absolute atomic E-state index is 0.160. The van der Waals surface area contributed by atoms with E-state index in [0.29, 0.717) is 6.54 Å². The fraction of sp³-hybridized carbons (Fsp3) is 0.765. The third-order valence-electron chi connectivity index (χ3n) is 4.18. The molecule has 1 aliphatic carbocycles. The van der Waals surface area contributed by atoms with Gasteiger partial charge in [0, 0.05) is 19.2 Å². The Balaban J connectivity index is 2.74. The SMILES string of the molecule is CCCCCCN=CC1C(=O)CC(C)(C)[C@H](C(=O)OC)C1=O. The number of carbonyl (C=O) groups is 3. The standard InChI is InChI=1S/C17H27NO4/c1-5-6-7-8-9-18-11-12-13(19)10-17(2,3)14(15(12)20)16(21)22-4/h11-12,14H,5-10H2,1-4H3/t12?,14-/m0/s1. The second kappa shape index (κ2) is 8.20. The minimum atomic E-state index is -0.900. The number of unbranched alkanes of at least 4 members (excludes halogenated alkanes) is 3. The average Bonchev–Trinajstić information content (AvgIpc) is 2.44. The molecule has 1 aliphatic rings. The maximum atomic E-state index is 12.5. The molecule has 5 nitrogen and oxygen atoms in total. The van der Waals surface area contributed by atoms with Crippen molar-refractivity contribution in [1.29, 1.82) is 0 Å². The molecule has 2 atom stereocenters. The van der Waals surface area contributed by atoms with E-state index in [4.69, 9.17) is 4.74 Å². The Labute approximate surface area is 132 Å². The Morgan fingerprint density at radius 1 is 1.32 bits per heavy atom. The van der Waals surface area contributed by atoms with Crippen LogP contribution in [0.3, 0.4) is 0 Å². The van der Waals surface area contributed by atoms with E-state index in [1.807, 2.05) is 0 Å². The van der Waals surface area contributed by atoms with Crippen molar-refractivity contribution in [2.75, 3.05) is 13.7 Å². The van der Waals surface area contributed by atoms with Crippen LogP contribution in [0.4, 0.5) is 0 Å². The Hall–Kier alpha value is -1.52. The summed E-state index contributed by atoms with van der Waals surface area (Å²) in [6, 6.07) is 0. The van der Waals surface area contributed by atoms with Crippen LogP contribution in [0.2, 0.25) is 0 Å². The molecule has 1 unspecified atom stereocenters. The Morgan fingerprint density at radius 3 is 2.59 bits per heavy atom. The average molecular weight is 309 g/mol. The lowest BCUT2D eigenvalue weighted by molar-refractivity contribution is -0.159. The van der Waals surface area contributed by atoms with Crippen LogP contribution in [-0.2, 0) is 19.1 Å². The molecule has 0 amide bonds. The molecule has 0 aromatic rings. The van der Waals surface area contributed by atoms with E-state index in [-0.39, 0.29) is 18.0 Å². The molecular formula is C17H27NO4. The normalized spacial score (nSPS) is 24.7. The second-order valence-corrected chi connectivity index (χ2v) is 6.58. The number of hydrogen-bond donors (Lipinski definition) is 0. The minimum Gasteiger partial charge on any atom is -0.468 e.